The number of hydrogen-bond acceptors (Lipinski definition) is 3. The molecule has 6 atom stereocenters. The molecule has 4 nitrogen and oxygen atoms in total. The van der Waals surface area contributed by atoms with Gasteiger partial charge in [-0.25, -0.2) is 0 Å². The lowest BCUT2D eigenvalue weighted by molar-refractivity contribution is -0.135. The highest BCUT2D eigenvalue weighted by Crippen LogP contribution is 2.65. The monoisotopic (exact) mass is 348 g/mol. The van der Waals surface area contributed by atoms with Crippen LogP contribution in [0.15, 0.2) is 35.9 Å². The quantitative estimate of drug-likeness (QED) is 0.676. The van der Waals surface area contributed by atoms with Crippen molar-refractivity contribution in [3.63, 3.8) is 0 Å². The molecule has 1 aliphatic carbocycles. The number of benzene rings is 1. The summed E-state index contributed by atoms with van der Waals surface area (Å²) in [6.07, 6.45) is 6.57. The Hall–Kier alpha value is -1.65. The van der Waals surface area contributed by atoms with Crippen LogP contribution in [0.2, 0.25) is 0 Å². The molecule has 0 N–H and O–H groups in total. The fraction of sp³-hybridized carbons (Fsp3) is 0.591. The van der Waals surface area contributed by atoms with Crippen LogP contribution in [0.5, 0.6) is 0 Å². The summed E-state index contributed by atoms with van der Waals surface area (Å²) in [6, 6.07) is 9.66. The van der Waals surface area contributed by atoms with E-state index in [2.05, 4.69) is 40.1 Å². The summed E-state index contributed by atoms with van der Waals surface area (Å²) < 4.78 is 6.32. The normalized spacial score (nSPS) is 47.1. The van der Waals surface area contributed by atoms with E-state index in [0.717, 1.165) is 19.6 Å². The van der Waals surface area contributed by atoms with E-state index in [0.29, 0.717) is 30.3 Å². The van der Waals surface area contributed by atoms with Crippen LogP contribution in [0.3, 0.4) is 0 Å². The predicted molar refractivity (Wildman–Crippen MR) is 98.0 cm³/mol. The van der Waals surface area contributed by atoms with Gasteiger partial charge in [0.25, 0.3) is 0 Å². The standard InChI is InChI=1S/C22H24N2O2/c25-19-11-17-20-14-10-18-22(7-8-23(18)12-13(14)4-3-9-26-17)15-5-1-2-6-16(15)24(19)21(20)22/h1-2,4-6,14,17-18,20-21H,3,7-12H2/b13-4-/t14-,17+,18+,20-,21+,22-/m0/s1. The summed E-state index contributed by atoms with van der Waals surface area (Å²) in [6.45, 7) is 3.07. The molecule has 1 aromatic rings. The van der Waals surface area contributed by atoms with E-state index in [9.17, 15) is 4.79 Å². The third-order valence-electron chi connectivity index (χ3n) is 8.42. The second-order valence-electron chi connectivity index (χ2n) is 9.10. The lowest BCUT2D eigenvalue weighted by Crippen LogP contribution is -2.69. The zero-order valence-electron chi connectivity index (χ0n) is 14.9. The Kier molecular flexibility index (Phi) is 2.55. The summed E-state index contributed by atoms with van der Waals surface area (Å²) in [5.41, 5.74) is 4.41. The number of para-hydroxylation sites is 1. The van der Waals surface area contributed by atoms with Gasteiger partial charge in [0, 0.05) is 29.6 Å². The number of nitrogens with zero attached hydrogens (tertiary/aromatic N) is 2. The number of fused-ring (bicyclic) bond motifs is 2. The molecule has 1 saturated carbocycles. The van der Waals surface area contributed by atoms with Crippen molar-refractivity contribution in [1.29, 1.82) is 0 Å². The average Bonchev–Trinajstić information content (AvgIpc) is 3.18. The van der Waals surface area contributed by atoms with Crippen LogP contribution in [-0.4, -0.2) is 48.7 Å². The largest absolute Gasteiger partial charge is 0.377 e. The van der Waals surface area contributed by atoms with Crippen molar-refractivity contribution in [2.75, 3.05) is 24.6 Å². The summed E-state index contributed by atoms with van der Waals surface area (Å²) in [5, 5.41) is 0. The molecule has 1 spiro atoms. The molecule has 6 aliphatic rings. The van der Waals surface area contributed by atoms with Gasteiger partial charge in [-0.05, 0) is 43.4 Å². The van der Waals surface area contributed by atoms with Crippen LogP contribution in [0.4, 0.5) is 5.69 Å². The van der Waals surface area contributed by atoms with Gasteiger partial charge in [0.1, 0.15) is 0 Å². The molecule has 7 rings (SSSR count). The first kappa shape index (κ1) is 14.4. The van der Waals surface area contributed by atoms with Gasteiger partial charge in [0.2, 0.25) is 5.91 Å². The van der Waals surface area contributed by atoms with E-state index in [1.807, 2.05) is 0 Å². The van der Waals surface area contributed by atoms with Crippen LogP contribution in [0.1, 0.15) is 31.2 Å². The number of carbonyl (C=O) groups excluding carboxylic acids is 1. The SMILES string of the molecule is O=C1C[C@H]2OCC/C=C3/CN4CC[C@@]56c7ccccc7N1[C@@H]5[C@H]2[C@H]3C[C@@H]46. The molecule has 0 unspecified atom stereocenters. The molecule has 0 radical (unpaired) electrons. The maximum Gasteiger partial charge on any atom is 0.229 e. The Bertz CT molecular complexity index is 863. The molecule has 2 bridgehead atoms. The lowest BCUT2D eigenvalue weighted by Gasteiger charge is -2.59. The van der Waals surface area contributed by atoms with Crippen molar-refractivity contribution in [3.05, 3.63) is 41.5 Å². The van der Waals surface area contributed by atoms with E-state index >= 15 is 0 Å². The molecule has 3 saturated heterocycles. The van der Waals surface area contributed by atoms with Gasteiger partial charge in [-0.15, -0.1) is 0 Å². The highest BCUT2D eigenvalue weighted by molar-refractivity contribution is 5.99. The van der Waals surface area contributed by atoms with Gasteiger partial charge < -0.3 is 9.64 Å². The average molecular weight is 348 g/mol. The van der Waals surface area contributed by atoms with Crippen LogP contribution in [0.25, 0.3) is 0 Å². The topological polar surface area (TPSA) is 32.8 Å². The van der Waals surface area contributed by atoms with Crippen molar-refractivity contribution < 1.29 is 9.53 Å². The molecule has 5 heterocycles. The summed E-state index contributed by atoms with van der Waals surface area (Å²) in [7, 11) is 0. The highest BCUT2D eigenvalue weighted by atomic mass is 16.5. The Labute approximate surface area is 153 Å². The molecule has 4 heteroatoms. The van der Waals surface area contributed by atoms with Crippen molar-refractivity contribution in [3.8, 4) is 0 Å². The third kappa shape index (κ3) is 1.43. The Morgan fingerprint density at radius 3 is 3.12 bits per heavy atom. The fourth-order valence-electron chi connectivity index (χ4n) is 7.69. The van der Waals surface area contributed by atoms with Crippen molar-refractivity contribution in [1.82, 2.24) is 4.90 Å². The third-order valence-corrected chi connectivity index (χ3v) is 8.42. The van der Waals surface area contributed by atoms with Gasteiger partial charge >= 0.3 is 0 Å². The molecular formula is C22H24N2O2. The van der Waals surface area contributed by atoms with E-state index in [1.165, 1.54) is 30.6 Å². The van der Waals surface area contributed by atoms with Crippen molar-refractivity contribution in [2.45, 2.75) is 49.3 Å². The van der Waals surface area contributed by atoms with Crippen LogP contribution in [0, 0.1) is 11.8 Å². The zero-order valence-corrected chi connectivity index (χ0v) is 14.9. The van der Waals surface area contributed by atoms with E-state index in [1.54, 1.807) is 5.57 Å². The van der Waals surface area contributed by atoms with Crippen LogP contribution < -0.4 is 4.90 Å². The van der Waals surface area contributed by atoms with Crippen LogP contribution >= 0.6 is 0 Å². The van der Waals surface area contributed by atoms with Gasteiger partial charge in [0.15, 0.2) is 0 Å². The fourth-order valence-corrected chi connectivity index (χ4v) is 7.69. The first-order valence-corrected chi connectivity index (χ1v) is 10.3. The number of carbonyl (C=O) groups is 1. The number of piperidine rings is 2. The first-order valence-electron chi connectivity index (χ1n) is 10.3. The Morgan fingerprint density at radius 1 is 1.23 bits per heavy atom. The molecule has 1 amide bonds. The number of ether oxygens (including phenoxy) is 1. The van der Waals surface area contributed by atoms with Crippen molar-refractivity contribution >= 4 is 11.6 Å². The minimum Gasteiger partial charge on any atom is -0.377 e. The van der Waals surface area contributed by atoms with E-state index in [4.69, 9.17) is 4.74 Å². The predicted octanol–water partition coefficient (Wildman–Crippen LogP) is 2.48. The number of anilines is 1. The summed E-state index contributed by atoms with van der Waals surface area (Å²) >= 11 is 0. The number of amides is 1. The molecule has 26 heavy (non-hydrogen) atoms. The Balaban J connectivity index is 1.53. The number of hydrogen-bond donors (Lipinski definition) is 0. The first-order chi connectivity index (χ1) is 12.8. The Morgan fingerprint density at radius 2 is 2.15 bits per heavy atom. The van der Waals surface area contributed by atoms with Crippen LogP contribution in [-0.2, 0) is 14.9 Å². The minimum absolute atomic E-state index is 0.108. The summed E-state index contributed by atoms with van der Waals surface area (Å²) in [5.74, 6) is 1.34. The molecule has 0 aromatic heterocycles. The second-order valence-corrected chi connectivity index (χ2v) is 9.10. The minimum atomic E-state index is 0.108. The molecule has 4 fully saturated rings. The zero-order chi connectivity index (χ0) is 17.0. The molecule has 134 valence electrons. The molecule has 1 aromatic carbocycles. The highest BCUT2D eigenvalue weighted by Gasteiger charge is 2.70. The second kappa shape index (κ2) is 4.60. The van der Waals surface area contributed by atoms with Gasteiger partial charge in [-0.1, -0.05) is 29.8 Å². The van der Waals surface area contributed by atoms with E-state index < -0.39 is 0 Å². The maximum absolute atomic E-state index is 13.3. The maximum atomic E-state index is 13.3. The van der Waals surface area contributed by atoms with E-state index in [-0.39, 0.29) is 17.4 Å². The van der Waals surface area contributed by atoms with Gasteiger partial charge in [-0.3, -0.25) is 9.69 Å². The smallest absolute Gasteiger partial charge is 0.229 e. The molecular weight excluding hydrogens is 324 g/mol. The van der Waals surface area contributed by atoms with Gasteiger partial charge in [0.05, 0.1) is 25.2 Å². The lowest BCUT2D eigenvalue weighted by atomic mass is 9.53. The number of rotatable bonds is 0. The van der Waals surface area contributed by atoms with Gasteiger partial charge in [-0.2, -0.15) is 0 Å². The summed E-state index contributed by atoms with van der Waals surface area (Å²) in [4.78, 5) is 18.2. The van der Waals surface area contributed by atoms with Crippen molar-refractivity contribution in [2.24, 2.45) is 11.8 Å². The molecule has 5 aliphatic heterocycles.